The van der Waals surface area contributed by atoms with Crippen LogP contribution in [0.2, 0.25) is 0 Å². The number of carbonyl (C=O) groups is 1. The number of Topliss-reactive ketones (excluding diaryl/α,β-unsaturated/α-hetero) is 1. The number of ether oxygens (including phenoxy) is 1. The molecule has 1 aromatic heterocycles. The Hall–Kier alpha value is -2.00. The van der Waals surface area contributed by atoms with E-state index in [9.17, 15) is 4.79 Å². The van der Waals surface area contributed by atoms with Gasteiger partial charge in [0.25, 0.3) is 0 Å². The summed E-state index contributed by atoms with van der Waals surface area (Å²) in [6.45, 7) is 6.76. The van der Waals surface area contributed by atoms with Crippen molar-refractivity contribution in [3.05, 3.63) is 59.0 Å². The number of aryl methyl sites for hydroxylation is 1. The van der Waals surface area contributed by atoms with E-state index in [2.05, 4.69) is 56.1 Å². The number of fused-ring (bicyclic) bond motifs is 1. The number of hydrogen-bond donors (Lipinski definition) is 0. The minimum Gasteiger partial charge on any atom is -0.359 e. The predicted octanol–water partition coefficient (Wildman–Crippen LogP) is 6.78. The first-order valence-corrected chi connectivity index (χ1v) is 12.3. The highest BCUT2D eigenvalue weighted by molar-refractivity contribution is 5.82. The SMILES string of the molecule is CC/C=C\c1ccncc1CC/C=C1/C=C2CCC(=O)C[C@]23CC[C@@]1([C@@H](C)CCC)O3. The fraction of sp³-hybridized carbons (Fsp3) is 0.571. The minimum absolute atomic E-state index is 0.225. The number of pyridine rings is 1. The monoisotopic (exact) mass is 419 g/mol. The number of hydrogen-bond acceptors (Lipinski definition) is 3. The number of allylic oxidation sites excluding steroid dienone is 2. The van der Waals surface area contributed by atoms with E-state index in [1.165, 1.54) is 22.3 Å². The van der Waals surface area contributed by atoms with Crippen molar-refractivity contribution in [1.29, 1.82) is 0 Å². The summed E-state index contributed by atoms with van der Waals surface area (Å²) in [6.07, 6.45) is 22.6. The molecule has 3 aliphatic rings. The van der Waals surface area contributed by atoms with Crippen LogP contribution >= 0.6 is 0 Å². The third kappa shape index (κ3) is 4.22. The Morgan fingerprint density at radius 1 is 1.26 bits per heavy atom. The van der Waals surface area contributed by atoms with E-state index in [-0.39, 0.29) is 11.2 Å². The van der Waals surface area contributed by atoms with Crippen LogP contribution in [0.3, 0.4) is 0 Å². The van der Waals surface area contributed by atoms with Crippen molar-refractivity contribution in [2.75, 3.05) is 0 Å². The van der Waals surface area contributed by atoms with Crippen LogP contribution in [-0.4, -0.2) is 22.0 Å². The molecule has 4 rings (SSSR count). The second-order valence-corrected chi connectivity index (χ2v) is 9.64. The molecular formula is C28H37NO2. The third-order valence-corrected chi connectivity index (χ3v) is 7.61. The number of nitrogens with zero attached hydrogens (tertiary/aromatic N) is 1. The van der Waals surface area contributed by atoms with Gasteiger partial charge in [0.05, 0.1) is 11.2 Å². The van der Waals surface area contributed by atoms with Gasteiger partial charge in [-0.2, -0.15) is 0 Å². The molecule has 166 valence electrons. The molecule has 3 heteroatoms. The van der Waals surface area contributed by atoms with Gasteiger partial charge < -0.3 is 4.74 Å². The van der Waals surface area contributed by atoms with Gasteiger partial charge in [-0.3, -0.25) is 9.78 Å². The lowest BCUT2D eigenvalue weighted by atomic mass is 9.75. The van der Waals surface area contributed by atoms with Gasteiger partial charge in [-0.1, -0.05) is 51.5 Å². The van der Waals surface area contributed by atoms with Crippen LogP contribution in [0.4, 0.5) is 0 Å². The molecule has 3 atom stereocenters. The normalized spacial score (nSPS) is 30.0. The molecule has 0 radical (unpaired) electrons. The van der Waals surface area contributed by atoms with E-state index in [1.54, 1.807) is 0 Å². The van der Waals surface area contributed by atoms with Crippen molar-refractivity contribution in [3.8, 4) is 0 Å². The average Bonchev–Trinajstić information content (AvgIpc) is 3.09. The molecule has 0 N–H and O–H groups in total. The zero-order valence-corrected chi connectivity index (χ0v) is 19.5. The molecule has 1 aliphatic carbocycles. The summed E-state index contributed by atoms with van der Waals surface area (Å²) in [4.78, 5) is 16.6. The maximum absolute atomic E-state index is 12.3. The largest absolute Gasteiger partial charge is 0.359 e. The molecule has 3 nitrogen and oxygen atoms in total. The van der Waals surface area contributed by atoms with E-state index in [0.29, 0.717) is 24.5 Å². The van der Waals surface area contributed by atoms with E-state index in [0.717, 1.165) is 51.4 Å². The molecule has 0 aromatic carbocycles. The van der Waals surface area contributed by atoms with Gasteiger partial charge in [0.15, 0.2) is 0 Å². The minimum atomic E-state index is -0.309. The average molecular weight is 420 g/mol. The lowest BCUT2D eigenvalue weighted by Gasteiger charge is -2.46. The maximum atomic E-state index is 12.3. The number of aromatic nitrogens is 1. The Kier molecular flexibility index (Phi) is 6.62. The highest BCUT2D eigenvalue weighted by Crippen LogP contribution is 2.58. The first kappa shape index (κ1) is 22.2. The second-order valence-electron chi connectivity index (χ2n) is 9.64. The summed E-state index contributed by atoms with van der Waals surface area (Å²) in [5, 5.41) is 0. The van der Waals surface area contributed by atoms with Crippen LogP contribution in [0.5, 0.6) is 0 Å². The molecule has 1 spiro atoms. The number of carbonyl (C=O) groups excluding carboxylic acids is 1. The Morgan fingerprint density at radius 3 is 2.94 bits per heavy atom. The van der Waals surface area contributed by atoms with Gasteiger partial charge >= 0.3 is 0 Å². The Balaban J connectivity index is 1.61. The van der Waals surface area contributed by atoms with Crippen molar-refractivity contribution in [2.24, 2.45) is 5.92 Å². The lowest BCUT2D eigenvalue weighted by Crippen LogP contribution is -2.48. The highest BCUT2D eigenvalue weighted by atomic mass is 16.5. The molecule has 1 saturated carbocycles. The molecule has 2 bridgehead atoms. The molecule has 2 aliphatic heterocycles. The molecule has 0 unspecified atom stereocenters. The Bertz CT molecular complexity index is 911. The van der Waals surface area contributed by atoms with E-state index in [1.807, 2.05) is 12.4 Å². The van der Waals surface area contributed by atoms with Crippen LogP contribution in [0.15, 0.2) is 47.8 Å². The van der Waals surface area contributed by atoms with Crippen LogP contribution in [0, 0.1) is 5.92 Å². The molecule has 1 aromatic rings. The van der Waals surface area contributed by atoms with Gasteiger partial charge in [-0.25, -0.2) is 0 Å². The van der Waals surface area contributed by atoms with Crippen molar-refractivity contribution in [1.82, 2.24) is 4.98 Å². The number of rotatable bonds is 8. The molecule has 3 heterocycles. The highest BCUT2D eigenvalue weighted by Gasteiger charge is 2.58. The standard InChI is InChI=1S/C28H37NO2/c1-4-6-9-22-14-17-29-20-23(22)10-7-11-25-18-24-12-13-26(30)19-27(24)15-16-28(25,31-27)21(3)8-5-2/h6,9,11,14,17-18,20-21H,4-5,7-8,10,12-13,15-16,19H2,1-3H3/b9-6-,25-11-/t21-,27+,28-/m0/s1. The van der Waals surface area contributed by atoms with E-state index >= 15 is 0 Å². The fourth-order valence-corrected chi connectivity index (χ4v) is 5.89. The number of ketones is 1. The predicted molar refractivity (Wildman–Crippen MR) is 127 cm³/mol. The van der Waals surface area contributed by atoms with Crippen LogP contribution in [0.25, 0.3) is 6.08 Å². The van der Waals surface area contributed by atoms with Crippen LogP contribution in [-0.2, 0) is 16.0 Å². The first-order chi connectivity index (χ1) is 15.0. The molecule has 31 heavy (non-hydrogen) atoms. The Labute approximate surface area is 187 Å². The lowest BCUT2D eigenvalue weighted by molar-refractivity contribution is -0.137. The molecule has 1 saturated heterocycles. The zero-order valence-electron chi connectivity index (χ0n) is 19.5. The molecular weight excluding hydrogens is 382 g/mol. The Morgan fingerprint density at radius 2 is 2.13 bits per heavy atom. The summed E-state index contributed by atoms with van der Waals surface area (Å²) in [7, 11) is 0. The smallest absolute Gasteiger partial charge is 0.136 e. The van der Waals surface area contributed by atoms with Crippen LogP contribution < -0.4 is 0 Å². The van der Waals surface area contributed by atoms with Crippen LogP contribution in [0.1, 0.15) is 89.7 Å². The van der Waals surface area contributed by atoms with Gasteiger partial charge in [-0.15, -0.1) is 0 Å². The third-order valence-electron chi connectivity index (χ3n) is 7.61. The summed E-state index contributed by atoms with van der Waals surface area (Å²) in [5.74, 6) is 0.826. The summed E-state index contributed by atoms with van der Waals surface area (Å²) >= 11 is 0. The van der Waals surface area contributed by atoms with Gasteiger partial charge in [0.2, 0.25) is 0 Å². The van der Waals surface area contributed by atoms with Crippen molar-refractivity contribution in [2.45, 2.75) is 96.2 Å². The maximum Gasteiger partial charge on any atom is 0.136 e. The molecule has 2 fully saturated rings. The van der Waals surface area contributed by atoms with Crippen molar-refractivity contribution < 1.29 is 9.53 Å². The first-order valence-electron chi connectivity index (χ1n) is 12.3. The van der Waals surface area contributed by atoms with Gasteiger partial charge in [0, 0.05) is 25.2 Å². The topological polar surface area (TPSA) is 39.2 Å². The van der Waals surface area contributed by atoms with Crippen molar-refractivity contribution in [3.63, 3.8) is 0 Å². The summed E-state index contributed by atoms with van der Waals surface area (Å²) < 4.78 is 6.97. The summed E-state index contributed by atoms with van der Waals surface area (Å²) in [6, 6.07) is 2.11. The fourth-order valence-electron chi connectivity index (χ4n) is 5.89. The molecule has 0 amide bonds. The van der Waals surface area contributed by atoms with Gasteiger partial charge in [-0.05, 0) is 79.2 Å². The van der Waals surface area contributed by atoms with E-state index < -0.39 is 0 Å². The quantitative estimate of drug-likeness (QED) is 0.466. The zero-order chi connectivity index (χ0) is 21.9. The second kappa shape index (κ2) is 9.24. The van der Waals surface area contributed by atoms with Gasteiger partial charge in [0.1, 0.15) is 5.78 Å². The van der Waals surface area contributed by atoms with E-state index in [4.69, 9.17) is 4.74 Å². The summed E-state index contributed by atoms with van der Waals surface area (Å²) in [5.41, 5.74) is 4.76. The van der Waals surface area contributed by atoms with Crippen molar-refractivity contribution >= 4 is 11.9 Å².